The third-order valence-electron chi connectivity index (χ3n) is 5.85. The number of hydrogen-bond donors (Lipinski definition) is 2. The van der Waals surface area contributed by atoms with Gasteiger partial charge in [-0.1, -0.05) is 35.9 Å². The molecular weight excluding hydrogens is 504 g/mol. The van der Waals surface area contributed by atoms with Gasteiger partial charge in [-0.05, 0) is 74.7 Å². The van der Waals surface area contributed by atoms with E-state index in [2.05, 4.69) is 9.97 Å². The molecule has 0 spiro atoms. The van der Waals surface area contributed by atoms with Crippen molar-refractivity contribution >= 4 is 21.7 Å². The van der Waals surface area contributed by atoms with Gasteiger partial charge in [0.2, 0.25) is 5.88 Å². The maximum absolute atomic E-state index is 13.3. The van der Waals surface area contributed by atoms with Gasteiger partial charge in [-0.25, -0.2) is 14.7 Å². The van der Waals surface area contributed by atoms with Gasteiger partial charge in [-0.15, -0.1) is 0 Å². The van der Waals surface area contributed by atoms with Gasteiger partial charge in [-0.3, -0.25) is 4.79 Å². The maximum atomic E-state index is 13.3. The van der Waals surface area contributed by atoms with Crippen LogP contribution in [0.2, 0.25) is 0 Å². The molecule has 0 radical (unpaired) electrons. The topological polar surface area (TPSA) is 134 Å². The molecule has 0 saturated carbocycles. The number of ether oxygens (including phenoxy) is 2. The Morgan fingerprint density at radius 1 is 0.868 bits per heavy atom. The van der Waals surface area contributed by atoms with Crippen molar-refractivity contribution < 1.29 is 22.7 Å². The van der Waals surface area contributed by atoms with Crippen LogP contribution in [0, 0.1) is 27.7 Å². The van der Waals surface area contributed by atoms with Crippen LogP contribution < -0.4 is 19.9 Å². The second-order valence-electron chi connectivity index (χ2n) is 8.87. The second-order valence-corrected chi connectivity index (χ2v) is 10.5. The van der Waals surface area contributed by atoms with Crippen molar-refractivity contribution in [3.8, 4) is 28.6 Å². The standard InChI is InChI=1S/C28H28N4O5S/c1-16-14-18(3)25(19(4)15-16)37-28-21(27(33)32-38(34,35)24-11-7-10-23(29)31-24)12-13-22(30-28)20-9-6-8-17(2)26(20)36-5/h6-15H,1-5H3,(H2,29,31)(H,32,33). The van der Waals surface area contributed by atoms with E-state index < -0.39 is 15.9 Å². The van der Waals surface area contributed by atoms with Crippen molar-refractivity contribution in [3.05, 3.63) is 88.5 Å². The van der Waals surface area contributed by atoms with E-state index in [1.807, 2.05) is 62.7 Å². The van der Waals surface area contributed by atoms with Gasteiger partial charge in [0.05, 0.1) is 12.8 Å². The van der Waals surface area contributed by atoms with Crippen LogP contribution in [0.15, 0.2) is 65.7 Å². The van der Waals surface area contributed by atoms with Gasteiger partial charge in [0.15, 0.2) is 5.03 Å². The largest absolute Gasteiger partial charge is 0.496 e. The zero-order valence-corrected chi connectivity index (χ0v) is 22.5. The van der Waals surface area contributed by atoms with Crippen molar-refractivity contribution in [2.45, 2.75) is 32.7 Å². The first-order valence-electron chi connectivity index (χ1n) is 11.7. The molecule has 1 amide bonds. The molecule has 2 heterocycles. The lowest BCUT2D eigenvalue weighted by Gasteiger charge is -2.17. The number of amides is 1. The number of para-hydroxylation sites is 1. The van der Waals surface area contributed by atoms with E-state index in [1.54, 1.807) is 13.2 Å². The van der Waals surface area contributed by atoms with Crippen LogP contribution in [0.1, 0.15) is 32.6 Å². The van der Waals surface area contributed by atoms with Crippen molar-refractivity contribution in [3.63, 3.8) is 0 Å². The fourth-order valence-electron chi connectivity index (χ4n) is 4.20. The summed E-state index contributed by atoms with van der Waals surface area (Å²) in [6.07, 6.45) is 0. The first-order valence-corrected chi connectivity index (χ1v) is 13.2. The van der Waals surface area contributed by atoms with E-state index in [4.69, 9.17) is 15.2 Å². The third-order valence-corrected chi connectivity index (χ3v) is 7.08. The number of nitrogen functional groups attached to an aromatic ring is 1. The van der Waals surface area contributed by atoms with Gasteiger partial charge in [0.25, 0.3) is 15.9 Å². The Kier molecular flexibility index (Phi) is 7.36. The molecule has 2 aromatic heterocycles. The molecule has 0 bridgehead atoms. The van der Waals surface area contributed by atoms with Gasteiger partial charge < -0.3 is 15.2 Å². The fourth-order valence-corrected chi connectivity index (χ4v) is 5.14. The molecule has 0 atom stereocenters. The molecule has 10 heteroatoms. The highest BCUT2D eigenvalue weighted by molar-refractivity contribution is 7.90. The van der Waals surface area contributed by atoms with E-state index in [0.717, 1.165) is 22.3 Å². The Balaban J connectivity index is 1.82. The predicted molar refractivity (Wildman–Crippen MR) is 145 cm³/mol. The smallest absolute Gasteiger partial charge is 0.281 e. The molecule has 9 nitrogen and oxygen atoms in total. The molecule has 0 fully saturated rings. The zero-order chi connectivity index (χ0) is 27.6. The number of methoxy groups -OCH3 is 1. The van der Waals surface area contributed by atoms with Crippen LogP contribution in [-0.2, 0) is 10.0 Å². The monoisotopic (exact) mass is 532 g/mol. The number of hydrogen-bond acceptors (Lipinski definition) is 8. The summed E-state index contributed by atoms with van der Waals surface area (Å²) < 4.78 is 39.6. The minimum absolute atomic E-state index is 0.00721. The van der Waals surface area contributed by atoms with Crippen molar-refractivity contribution in [1.82, 2.24) is 14.7 Å². The molecule has 0 aliphatic rings. The maximum Gasteiger partial charge on any atom is 0.281 e. The van der Waals surface area contributed by atoms with E-state index in [0.29, 0.717) is 22.8 Å². The number of carbonyl (C=O) groups is 1. The minimum Gasteiger partial charge on any atom is -0.496 e. The molecule has 4 rings (SSSR count). The molecule has 0 aliphatic heterocycles. The Hall–Kier alpha value is -4.44. The summed E-state index contributed by atoms with van der Waals surface area (Å²) in [6, 6.07) is 16.7. The van der Waals surface area contributed by atoms with Crippen molar-refractivity contribution in [2.75, 3.05) is 12.8 Å². The quantitative estimate of drug-likeness (QED) is 0.344. The summed E-state index contributed by atoms with van der Waals surface area (Å²) in [5.41, 5.74) is 10.4. The van der Waals surface area contributed by atoms with Crippen LogP contribution in [-0.4, -0.2) is 31.4 Å². The number of anilines is 1. The van der Waals surface area contributed by atoms with Crippen LogP contribution in [0.3, 0.4) is 0 Å². The van der Waals surface area contributed by atoms with E-state index in [1.165, 1.54) is 24.3 Å². The molecular formula is C28H28N4O5S. The predicted octanol–water partition coefficient (Wildman–Crippen LogP) is 4.88. The second kappa shape index (κ2) is 10.5. The average molecular weight is 533 g/mol. The first kappa shape index (κ1) is 26.6. The summed E-state index contributed by atoms with van der Waals surface area (Å²) in [6.45, 7) is 7.66. The molecule has 0 saturated heterocycles. The van der Waals surface area contributed by atoms with Crippen LogP contribution >= 0.6 is 0 Å². The minimum atomic E-state index is -4.31. The molecule has 0 aliphatic carbocycles. The summed E-state index contributed by atoms with van der Waals surface area (Å²) in [4.78, 5) is 21.7. The number of rotatable bonds is 7. The highest BCUT2D eigenvalue weighted by Crippen LogP contribution is 2.36. The third kappa shape index (κ3) is 5.45. The number of carbonyl (C=O) groups excluding carboxylic acids is 1. The Morgan fingerprint density at radius 2 is 1.55 bits per heavy atom. The molecule has 2 aromatic carbocycles. The number of nitrogens with two attached hydrogens (primary N) is 1. The van der Waals surface area contributed by atoms with E-state index in [-0.39, 0.29) is 22.3 Å². The molecule has 3 N–H and O–H groups in total. The Bertz CT molecular complexity index is 1630. The van der Waals surface area contributed by atoms with Crippen LogP contribution in [0.4, 0.5) is 5.82 Å². The van der Waals surface area contributed by atoms with Gasteiger partial charge in [0, 0.05) is 5.56 Å². The van der Waals surface area contributed by atoms with Gasteiger partial charge >= 0.3 is 0 Å². The van der Waals surface area contributed by atoms with Gasteiger partial charge in [-0.2, -0.15) is 8.42 Å². The molecule has 38 heavy (non-hydrogen) atoms. The highest BCUT2D eigenvalue weighted by atomic mass is 32.2. The average Bonchev–Trinajstić information content (AvgIpc) is 2.85. The molecule has 196 valence electrons. The lowest BCUT2D eigenvalue weighted by Crippen LogP contribution is -2.31. The summed E-state index contributed by atoms with van der Waals surface area (Å²) in [7, 11) is -2.75. The first-order chi connectivity index (χ1) is 18.0. The molecule has 0 unspecified atom stereocenters. The number of aryl methyl sites for hydroxylation is 4. The normalized spacial score (nSPS) is 11.2. The van der Waals surface area contributed by atoms with Crippen molar-refractivity contribution in [2.24, 2.45) is 0 Å². The van der Waals surface area contributed by atoms with Crippen LogP contribution in [0.25, 0.3) is 11.3 Å². The Morgan fingerprint density at radius 3 is 2.21 bits per heavy atom. The van der Waals surface area contributed by atoms with E-state index in [9.17, 15) is 13.2 Å². The summed E-state index contributed by atoms with van der Waals surface area (Å²) >= 11 is 0. The number of nitrogens with zero attached hydrogens (tertiary/aromatic N) is 2. The lowest BCUT2D eigenvalue weighted by atomic mass is 10.1. The summed E-state index contributed by atoms with van der Waals surface area (Å²) in [5.74, 6) is 0.163. The zero-order valence-electron chi connectivity index (χ0n) is 21.7. The van der Waals surface area contributed by atoms with E-state index >= 15 is 0 Å². The van der Waals surface area contributed by atoms with Gasteiger partial charge in [0.1, 0.15) is 22.9 Å². The SMILES string of the molecule is COc1c(C)cccc1-c1ccc(C(=O)NS(=O)(=O)c2cccc(N)n2)c(Oc2c(C)cc(C)cc2C)n1. The number of benzene rings is 2. The number of pyridine rings is 2. The van der Waals surface area contributed by atoms with Crippen molar-refractivity contribution in [1.29, 1.82) is 0 Å². The number of sulfonamides is 1. The lowest BCUT2D eigenvalue weighted by molar-refractivity contribution is 0.0978. The number of nitrogens with one attached hydrogen (secondary N) is 1. The van der Waals surface area contributed by atoms with Crippen LogP contribution in [0.5, 0.6) is 17.4 Å². The fraction of sp³-hybridized carbons (Fsp3) is 0.179. The highest BCUT2D eigenvalue weighted by Gasteiger charge is 2.25. The number of aromatic nitrogens is 2. The molecule has 4 aromatic rings. The summed E-state index contributed by atoms with van der Waals surface area (Å²) in [5, 5.41) is -0.382. The Labute approximate surface area is 221 Å².